The highest BCUT2D eigenvalue weighted by Crippen LogP contribution is 2.01. The standard InChI is InChI=1S/C4H7F2NO2.ClH/c5-3(6)1-2(7)4(8)9;/h2-3H,1,7H2,(H,8,9);1H/t2-;/m1./s1. The molecule has 0 fully saturated rings. The molecule has 0 heterocycles. The van der Waals surface area contributed by atoms with Gasteiger partial charge in [-0.2, -0.15) is 0 Å². The van der Waals surface area contributed by atoms with E-state index in [1.54, 1.807) is 0 Å². The fourth-order valence-corrected chi connectivity index (χ4v) is 0.293. The molecular weight excluding hydrogens is 167 g/mol. The van der Waals surface area contributed by atoms with E-state index in [-0.39, 0.29) is 12.4 Å². The summed E-state index contributed by atoms with van der Waals surface area (Å²) in [4.78, 5) is 9.78. The first kappa shape index (κ1) is 12.3. The minimum Gasteiger partial charge on any atom is -0.480 e. The van der Waals surface area contributed by atoms with Gasteiger partial charge >= 0.3 is 5.97 Å². The van der Waals surface area contributed by atoms with Crippen LogP contribution in [0.4, 0.5) is 8.78 Å². The zero-order chi connectivity index (χ0) is 7.44. The van der Waals surface area contributed by atoms with Gasteiger partial charge in [0.25, 0.3) is 0 Å². The van der Waals surface area contributed by atoms with Gasteiger partial charge in [-0.05, 0) is 0 Å². The van der Waals surface area contributed by atoms with Crippen molar-refractivity contribution < 1.29 is 18.7 Å². The molecule has 0 saturated heterocycles. The number of hydrogen-bond donors (Lipinski definition) is 2. The fourth-order valence-electron chi connectivity index (χ4n) is 0.293. The second kappa shape index (κ2) is 5.37. The third-order valence-electron chi connectivity index (χ3n) is 0.749. The summed E-state index contributed by atoms with van der Waals surface area (Å²) in [5.74, 6) is -1.39. The molecule has 0 rings (SSSR count). The van der Waals surface area contributed by atoms with Crippen LogP contribution in [0, 0.1) is 0 Å². The van der Waals surface area contributed by atoms with Gasteiger partial charge in [0, 0.05) is 6.42 Å². The minimum absolute atomic E-state index is 0. The van der Waals surface area contributed by atoms with Crippen molar-refractivity contribution in [1.29, 1.82) is 0 Å². The maximum absolute atomic E-state index is 11.3. The van der Waals surface area contributed by atoms with Crippen LogP contribution in [0.5, 0.6) is 0 Å². The first-order valence-corrected chi connectivity index (χ1v) is 2.30. The number of carboxylic acids is 1. The Hall–Kier alpha value is -0.420. The van der Waals surface area contributed by atoms with Crippen molar-refractivity contribution in [2.75, 3.05) is 0 Å². The maximum Gasteiger partial charge on any atom is 0.320 e. The van der Waals surface area contributed by atoms with Gasteiger partial charge in [0.15, 0.2) is 0 Å². The van der Waals surface area contributed by atoms with E-state index in [0.29, 0.717) is 0 Å². The average molecular weight is 176 g/mol. The lowest BCUT2D eigenvalue weighted by Gasteiger charge is -2.02. The van der Waals surface area contributed by atoms with Gasteiger partial charge in [0.2, 0.25) is 6.43 Å². The normalized spacial score (nSPS) is 12.4. The van der Waals surface area contributed by atoms with E-state index in [1.165, 1.54) is 0 Å². The molecule has 0 bridgehead atoms. The number of rotatable bonds is 3. The summed E-state index contributed by atoms with van der Waals surface area (Å²) in [5.41, 5.74) is 4.74. The SMILES string of the molecule is Cl.N[C@H](CC(F)F)C(=O)O. The van der Waals surface area contributed by atoms with Crippen LogP contribution in [-0.4, -0.2) is 23.5 Å². The second-order valence-electron chi connectivity index (χ2n) is 1.57. The van der Waals surface area contributed by atoms with Crippen LogP contribution >= 0.6 is 12.4 Å². The third kappa shape index (κ3) is 5.71. The van der Waals surface area contributed by atoms with Crippen molar-refractivity contribution in [3.05, 3.63) is 0 Å². The van der Waals surface area contributed by atoms with E-state index in [4.69, 9.17) is 10.8 Å². The molecule has 0 spiro atoms. The highest BCUT2D eigenvalue weighted by Gasteiger charge is 2.16. The Labute approximate surface area is 62.6 Å². The molecule has 0 unspecified atom stereocenters. The highest BCUT2D eigenvalue weighted by atomic mass is 35.5. The molecule has 0 aromatic rings. The summed E-state index contributed by atoms with van der Waals surface area (Å²) >= 11 is 0. The van der Waals surface area contributed by atoms with Crippen molar-refractivity contribution in [2.45, 2.75) is 18.9 Å². The third-order valence-corrected chi connectivity index (χ3v) is 0.749. The summed E-state index contributed by atoms with van der Waals surface area (Å²) in [6, 6.07) is -1.44. The van der Waals surface area contributed by atoms with Gasteiger partial charge in [-0.25, -0.2) is 8.78 Å². The summed E-state index contributed by atoms with van der Waals surface area (Å²) in [6.07, 6.45) is -3.42. The van der Waals surface area contributed by atoms with Gasteiger partial charge in [0.05, 0.1) is 0 Å². The Morgan fingerprint density at radius 1 is 1.60 bits per heavy atom. The minimum atomic E-state index is -2.64. The van der Waals surface area contributed by atoms with Crippen molar-refractivity contribution >= 4 is 18.4 Å². The largest absolute Gasteiger partial charge is 0.480 e. The maximum atomic E-state index is 11.3. The Bertz CT molecular complexity index is 111. The van der Waals surface area contributed by atoms with Crippen LogP contribution in [-0.2, 0) is 4.79 Å². The quantitative estimate of drug-likeness (QED) is 0.656. The van der Waals surface area contributed by atoms with Crippen molar-refractivity contribution in [1.82, 2.24) is 0 Å². The molecule has 1 atom stereocenters. The van der Waals surface area contributed by atoms with Crippen LogP contribution in [0.2, 0.25) is 0 Å². The second-order valence-corrected chi connectivity index (χ2v) is 1.57. The number of hydrogen-bond acceptors (Lipinski definition) is 2. The number of aliphatic carboxylic acids is 1. The Morgan fingerprint density at radius 2 is 2.00 bits per heavy atom. The summed E-state index contributed by atoms with van der Waals surface area (Å²) in [7, 11) is 0. The van der Waals surface area contributed by atoms with Crippen molar-refractivity contribution in [3.8, 4) is 0 Å². The van der Waals surface area contributed by atoms with E-state index in [2.05, 4.69) is 0 Å². The van der Waals surface area contributed by atoms with E-state index < -0.39 is 24.9 Å². The van der Waals surface area contributed by atoms with E-state index in [9.17, 15) is 13.6 Å². The lowest BCUT2D eigenvalue weighted by Crippen LogP contribution is -2.31. The number of nitrogens with two attached hydrogens (primary N) is 1. The molecule has 62 valence electrons. The van der Waals surface area contributed by atoms with E-state index >= 15 is 0 Å². The van der Waals surface area contributed by atoms with E-state index in [1.807, 2.05) is 0 Å². The molecule has 10 heavy (non-hydrogen) atoms. The lowest BCUT2D eigenvalue weighted by molar-refractivity contribution is -0.139. The molecule has 0 aliphatic rings. The first-order chi connectivity index (χ1) is 4.04. The predicted octanol–water partition coefficient (Wildman–Crippen LogP) is 0.475. The molecule has 0 aliphatic heterocycles. The number of carboxylic acid groups (broad SMARTS) is 1. The fraction of sp³-hybridized carbons (Fsp3) is 0.750. The lowest BCUT2D eigenvalue weighted by atomic mass is 10.2. The molecule has 0 amide bonds. The molecular formula is C4H8ClF2NO2. The topological polar surface area (TPSA) is 63.3 Å². The molecule has 0 radical (unpaired) electrons. The predicted molar refractivity (Wildman–Crippen MR) is 33.5 cm³/mol. The number of halogens is 3. The van der Waals surface area contributed by atoms with Crippen LogP contribution < -0.4 is 5.73 Å². The zero-order valence-corrected chi connectivity index (χ0v) is 5.78. The summed E-state index contributed by atoms with van der Waals surface area (Å²) in [6.45, 7) is 0. The molecule has 3 nitrogen and oxygen atoms in total. The van der Waals surface area contributed by atoms with Crippen LogP contribution in [0.1, 0.15) is 6.42 Å². The number of alkyl halides is 2. The van der Waals surface area contributed by atoms with Crippen LogP contribution in [0.25, 0.3) is 0 Å². The molecule has 3 N–H and O–H groups in total. The monoisotopic (exact) mass is 175 g/mol. The van der Waals surface area contributed by atoms with Crippen molar-refractivity contribution in [3.63, 3.8) is 0 Å². The van der Waals surface area contributed by atoms with Gasteiger partial charge in [0.1, 0.15) is 6.04 Å². The molecule has 0 aromatic carbocycles. The van der Waals surface area contributed by atoms with Gasteiger partial charge < -0.3 is 10.8 Å². The van der Waals surface area contributed by atoms with Crippen LogP contribution in [0.15, 0.2) is 0 Å². The molecule has 6 heteroatoms. The summed E-state index contributed by atoms with van der Waals surface area (Å²) < 4.78 is 22.6. The van der Waals surface area contributed by atoms with Crippen LogP contribution in [0.3, 0.4) is 0 Å². The first-order valence-electron chi connectivity index (χ1n) is 2.30. The molecule has 0 aliphatic carbocycles. The number of carbonyl (C=O) groups is 1. The van der Waals surface area contributed by atoms with Crippen molar-refractivity contribution in [2.24, 2.45) is 5.73 Å². The Balaban J connectivity index is 0. The highest BCUT2D eigenvalue weighted by molar-refractivity contribution is 5.85. The smallest absolute Gasteiger partial charge is 0.320 e. The van der Waals surface area contributed by atoms with Gasteiger partial charge in [-0.1, -0.05) is 0 Å². The molecule has 0 saturated carbocycles. The van der Waals surface area contributed by atoms with Gasteiger partial charge in [-0.3, -0.25) is 4.79 Å². The van der Waals surface area contributed by atoms with Gasteiger partial charge in [-0.15, -0.1) is 12.4 Å². The zero-order valence-electron chi connectivity index (χ0n) is 4.96. The molecule has 0 aromatic heterocycles. The summed E-state index contributed by atoms with van der Waals surface area (Å²) in [5, 5.41) is 7.97. The Kier molecular flexibility index (Phi) is 6.59. The Morgan fingerprint density at radius 3 is 2.10 bits per heavy atom. The van der Waals surface area contributed by atoms with E-state index in [0.717, 1.165) is 0 Å². The average Bonchev–Trinajstić information content (AvgIpc) is 1.63.